The second-order valence-electron chi connectivity index (χ2n) is 7.46. The number of esters is 1. The topological polar surface area (TPSA) is 64.4 Å². The number of nitrogens with zero attached hydrogens (tertiary/aromatic N) is 3. The number of ether oxygens (including phenoxy) is 1. The van der Waals surface area contributed by atoms with E-state index < -0.39 is 24.3 Å². The molecule has 0 bridgehead atoms. The number of amides is 1. The van der Waals surface area contributed by atoms with Gasteiger partial charge in [0.25, 0.3) is 5.91 Å². The zero-order valence-electron chi connectivity index (χ0n) is 17.2. The number of para-hydroxylation sites is 1. The van der Waals surface area contributed by atoms with Gasteiger partial charge in [-0.25, -0.2) is 9.48 Å². The smallest absolute Gasteiger partial charge is 0.416 e. The number of benzene rings is 2. The first-order chi connectivity index (χ1) is 15.3. The molecule has 1 aliphatic rings. The number of rotatable bonds is 4. The summed E-state index contributed by atoms with van der Waals surface area (Å²) in [7, 11) is 0. The molecule has 1 aromatic heterocycles. The molecular formula is C23H20F3N3O3. The molecule has 1 aliphatic heterocycles. The number of alkyl halides is 3. The second-order valence-corrected chi connectivity index (χ2v) is 7.46. The van der Waals surface area contributed by atoms with Gasteiger partial charge < -0.3 is 9.64 Å². The monoisotopic (exact) mass is 443 g/mol. The number of aryl methyl sites for hydroxylation is 1. The third-order valence-corrected chi connectivity index (χ3v) is 5.39. The molecule has 3 aromatic rings. The van der Waals surface area contributed by atoms with Crippen molar-refractivity contribution >= 4 is 17.6 Å². The van der Waals surface area contributed by atoms with Crippen molar-refractivity contribution in [1.29, 1.82) is 0 Å². The van der Waals surface area contributed by atoms with Gasteiger partial charge in [-0.15, -0.1) is 0 Å². The molecule has 0 unspecified atom stereocenters. The zero-order valence-corrected chi connectivity index (χ0v) is 17.2. The summed E-state index contributed by atoms with van der Waals surface area (Å²) in [5.74, 6) is -1.10. The summed E-state index contributed by atoms with van der Waals surface area (Å²) in [5, 5.41) is 4.03. The molecule has 9 heteroatoms. The lowest BCUT2D eigenvalue weighted by Gasteiger charge is -2.29. The number of aromatic nitrogens is 2. The number of hydrogen-bond donors (Lipinski definition) is 0. The van der Waals surface area contributed by atoms with Crippen molar-refractivity contribution in [2.75, 3.05) is 18.1 Å². The van der Waals surface area contributed by atoms with Gasteiger partial charge in [-0.1, -0.05) is 24.3 Å². The van der Waals surface area contributed by atoms with Crippen LogP contribution in [0, 0.1) is 6.92 Å². The molecule has 0 N–H and O–H groups in total. The first kappa shape index (κ1) is 21.6. The van der Waals surface area contributed by atoms with Crippen LogP contribution in [-0.4, -0.2) is 34.8 Å². The summed E-state index contributed by atoms with van der Waals surface area (Å²) in [4.78, 5) is 26.8. The first-order valence-electron chi connectivity index (χ1n) is 10.0. The summed E-state index contributed by atoms with van der Waals surface area (Å²) in [6.07, 6.45) is -1.57. The van der Waals surface area contributed by atoms with E-state index in [1.54, 1.807) is 11.8 Å². The Morgan fingerprint density at radius 1 is 1.12 bits per heavy atom. The van der Waals surface area contributed by atoms with E-state index >= 15 is 0 Å². The standard InChI is InChI=1S/C23H20F3N3O3/c1-15-19(13-27-29(15)18-9-4-8-17(12-18)23(24,25)26)22(31)32-14-21(30)28-11-5-7-16-6-2-3-10-20(16)28/h2-4,6,8-10,12-13H,5,7,11,14H2,1H3. The van der Waals surface area contributed by atoms with Gasteiger partial charge in [0, 0.05) is 12.2 Å². The fourth-order valence-corrected chi connectivity index (χ4v) is 3.76. The molecular weight excluding hydrogens is 423 g/mol. The van der Waals surface area contributed by atoms with E-state index in [-0.39, 0.29) is 17.2 Å². The maximum atomic E-state index is 13.0. The quantitative estimate of drug-likeness (QED) is 0.563. The highest BCUT2D eigenvalue weighted by molar-refractivity contribution is 5.98. The summed E-state index contributed by atoms with van der Waals surface area (Å²) >= 11 is 0. The van der Waals surface area contributed by atoms with E-state index in [2.05, 4.69) is 5.10 Å². The molecule has 0 aliphatic carbocycles. The van der Waals surface area contributed by atoms with Crippen LogP contribution in [0.25, 0.3) is 5.69 Å². The Kier molecular flexibility index (Phi) is 5.73. The number of halogens is 3. The minimum Gasteiger partial charge on any atom is -0.452 e. The Bertz CT molecular complexity index is 1170. The summed E-state index contributed by atoms with van der Waals surface area (Å²) in [5.41, 5.74) is 1.61. The van der Waals surface area contributed by atoms with E-state index in [1.165, 1.54) is 23.0 Å². The van der Waals surface area contributed by atoms with Crippen molar-refractivity contribution in [3.8, 4) is 5.69 Å². The van der Waals surface area contributed by atoms with Crippen LogP contribution in [0.15, 0.2) is 54.7 Å². The molecule has 2 heterocycles. The zero-order chi connectivity index (χ0) is 22.9. The van der Waals surface area contributed by atoms with Crippen molar-refractivity contribution in [2.24, 2.45) is 0 Å². The SMILES string of the molecule is Cc1c(C(=O)OCC(=O)N2CCCc3ccccc32)cnn1-c1cccc(C(F)(F)F)c1. The Hall–Kier alpha value is -3.62. The average molecular weight is 443 g/mol. The maximum Gasteiger partial charge on any atom is 0.416 e. The van der Waals surface area contributed by atoms with E-state index in [0.29, 0.717) is 12.2 Å². The number of hydrogen-bond acceptors (Lipinski definition) is 4. The molecule has 0 atom stereocenters. The lowest BCUT2D eigenvalue weighted by atomic mass is 10.0. The van der Waals surface area contributed by atoms with Crippen LogP contribution >= 0.6 is 0 Å². The molecule has 1 amide bonds. The molecule has 166 valence electrons. The van der Waals surface area contributed by atoms with Gasteiger partial charge in [0.05, 0.1) is 23.1 Å². The Morgan fingerprint density at radius 2 is 1.91 bits per heavy atom. The van der Waals surface area contributed by atoms with Gasteiger partial charge in [-0.05, 0) is 49.6 Å². The van der Waals surface area contributed by atoms with Crippen molar-refractivity contribution in [3.63, 3.8) is 0 Å². The predicted octanol–water partition coefficient (Wildman–Crippen LogP) is 4.34. The minimum absolute atomic E-state index is 0.0780. The van der Waals surface area contributed by atoms with Gasteiger partial charge in [0.1, 0.15) is 5.56 Å². The van der Waals surface area contributed by atoms with Crippen molar-refractivity contribution in [2.45, 2.75) is 25.9 Å². The number of carbonyl (C=O) groups is 2. The van der Waals surface area contributed by atoms with Crippen LogP contribution < -0.4 is 4.90 Å². The third kappa shape index (κ3) is 4.23. The van der Waals surface area contributed by atoms with Crippen molar-refractivity contribution < 1.29 is 27.5 Å². The van der Waals surface area contributed by atoms with Gasteiger partial charge >= 0.3 is 12.1 Å². The minimum atomic E-state index is -4.49. The van der Waals surface area contributed by atoms with E-state index in [1.807, 2.05) is 24.3 Å². The van der Waals surface area contributed by atoms with E-state index in [4.69, 9.17) is 4.74 Å². The van der Waals surface area contributed by atoms with Crippen LogP contribution in [0.5, 0.6) is 0 Å². The third-order valence-electron chi connectivity index (χ3n) is 5.39. The van der Waals surface area contributed by atoms with Crippen LogP contribution in [0.2, 0.25) is 0 Å². The lowest BCUT2D eigenvalue weighted by molar-refractivity contribution is -0.137. The molecule has 0 saturated carbocycles. The second kappa shape index (κ2) is 8.49. The maximum absolute atomic E-state index is 13.0. The summed E-state index contributed by atoms with van der Waals surface area (Å²) in [6.45, 7) is 1.65. The highest BCUT2D eigenvalue weighted by Crippen LogP contribution is 2.31. The number of fused-ring (bicyclic) bond motifs is 1. The Balaban J connectivity index is 1.47. The first-order valence-corrected chi connectivity index (χ1v) is 10.0. The van der Waals surface area contributed by atoms with Crippen LogP contribution in [0.3, 0.4) is 0 Å². The molecule has 0 fully saturated rings. The van der Waals surface area contributed by atoms with Gasteiger partial charge in [0.2, 0.25) is 0 Å². The molecule has 6 nitrogen and oxygen atoms in total. The number of anilines is 1. The van der Waals surface area contributed by atoms with Crippen molar-refractivity contribution in [3.05, 3.63) is 77.1 Å². The van der Waals surface area contributed by atoms with Crippen LogP contribution in [-0.2, 0) is 22.1 Å². The molecule has 0 spiro atoms. The molecule has 2 aromatic carbocycles. The largest absolute Gasteiger partial charge is 0.452 e. The predicted molar refractivity (Wildman–Crippen MR) is 111 cm³/mol. The molecule has 0 radical (unpaired) electrons. The van der Waals surface area contributed by atoms with Gasteiger partial charge in [-0.2, -0.15) is 18.3 Å². The summed E-state index contributed by atoms with van der Waals surface area (Å²) in [6, 6.07) is 12.2. The fourth-order valence-electron chi connectivity index (χ4n) is 3.76. The van der Waals surface area contributed by atoms with E-state index in [0.717, 1.165) is 36.2 Å². The fraction of sp³-hybridized carbons (Fsp3) is 0.261. The summed E-state index contributed by atoms with van der Waals surface area (Å²) < 4.78 is 45.4. The highest BCUT2D eigenvalue weighted by Gasteiger charge is 2.31. The Morgan fingerprint density at radius 3 is 2.69 bits per heavy atom. The molecule has 0 saturated heterocycles. The highest BCUT2D eigenvalue weighted by atomic mass is 19.4. The average Bonchev–Trinajstić information content (AvgIpc) is 3.17. The normalized spacial score (nSPS) is 13.6. The number of carbonyl (C=O) groups excluding carboxylic acids is 2. The van der Waals surface area contributed by atoms with E-state index in [9.17, 15) is 22.8 Å². The lowest BCUT2D eigenvalue weighted by Crippen LogP contribution is -2.38. The Labute approximate surface area is 182 Å². The van der Waals surface area contributed by atoms with Crippen molar-refractivity contribution in [1.82, 2.24) is 9.78 Å². The van der Waals surface area contributed by atoms with Crippen LogP contribution in [0.1, 0.15) is 33.6 Å². The van der Waals surface area contributed by atoms with Crippen LogP contribution in [0.4, 0.5) is 18.9 Å². The van der Waals surface area contributed by atoms with Gasteiger partial charge in [-0.3, -0.25) is 4.79 Å². The molecule has 32 heavy (non-hydrogen) atoms. The molecule has 4 rings (SSSR count). The van der Waals surface area contributed by atoms with Gasteiger partial charge in [0.15, 0.2) is 6.61 Å².